The monoisotopic (exact) mass is 415 g/mol. The molecule has 3 rings (SSSR count). The third-order valence-corrected chi connectivity index (χ3v) is 5.23. The van der Waals surface area contributed by atoms with Crippen molar-refractivity contribution in [3.63, 3.8) is 0 Å². The maximum atomic E-state index is 13.0. The Balaban J connectivity index is 1.84. The largest absolute Gasteiger partial charge is 0.316 e. The molecule has 0 fully saturated rings. The van der Waals surface area contributed by atoms with Crippen molar-refractivity contribution in [2.75, 3.05) is 10.0 Å². The number of halogens is 1. The molecule has 0 aliphatic rings. The standard InChI is InChI=1S/C19H14FN3O5S/c20-14-8-10-15(11-9-14)22-29(27,28)16-5-3-4-13(12-16)19(24)21-17-6-1-2-7-18(17)23(25)26/h1-12,22H,(H,21,24). The van der Waals surface area contributed by atoms with E-state index in [-0.39, 0.29) is 27.5 Å². The second kappa shape index (κ2) is 8.07. The van der Waals surface area contributed by atoms with E-state index < -0.39 is 26.7 Å². The number of nitro groups is 1. The lowest BCUT2D eigenvalue weighted by atomic mass is 10.2. The summed E-state index contributed by atoms with van der Waals surface area (Å²) < 4.78 is 40.3. The van der Waals surface area contributed by atoms with E-state index in [9.17, 15) is 27.7 Å². The van der Waals surface area contributed by atoms with E-state index in [2.05, 4.69) is 10.0 Å². The number of hydrogen-bond acceptors (Lipinski definition) is 5. The molecular formula is C19H14FN3O5S. The predicted molar refractivity (Wildman–Crippen MR) is 105 cm³/mol. The van der Waals surface area contributed by atoms with E-state index >= 15 is 0 Å². The Morgan fingerprint density at radius 3 is 2.34 bits per heavy atom. The van der Waals surface area contributed by atoms with Gasteiger partial charge in [0.15, 0.2) is 0 Å². The van der Waals surface area contributed by atoms with Gasteiger partial charge in [-0.3, -0.25) is 19.6 Å². The first-order valence-corrected chi connectivity index (χ1v) is 9.68. The van der Waals surface area contributed by atoms with Gasteiger partial charge in [-0.15, -0.1) is 0 Å². The molecule has 0 atom stereocenters. The first kappa shape index (κ1) is 20.0. The van der Waals surface area contributed by atoms with Crippen molar-refractivity contribution in [1.82, 2.24) is 0 Å². The summed E-state index contributed by atoms with van der Waals surface area (Å²) in [5, 5.41) is 13.5. The highest BCUT2D eigenvalue weighted by molar-refractivity contribution is 7.92. The van der Waals surface area contributed by atoms with Crippen LogP contribution in [0, 0.1) is 15.9 Å². The zero-order chi connectivity index (χ0) is 21.0. The van der Waals surface area contributed by atoms with Gasteiger partial charge in [0.25, 0.3) is 21.6 Å². The molecule has 0 radical (unpaired) electrons. The number of carbonyl (C=O) groups is 1. The van der Waals surface area contributed by atoms with Gasteiger partial charge in [0.05, 0.1) is 9.82 Å². The first-order chi connectivity index (χ1) is 13.8. The number of para-hydroxylation sites is 2. The molecular weight excluding hydrogens is 401 g/mol. The average molecular weight is 415 g/mol. The van der Waals surface area contributed by atoms with Crippen molar-refractivity contribution >= 4 is 33.0 Å². The molecule has 0 saturated carbocycles. The Labute approximate surface area is 165 Å². The zero-order valence-electron chi connectivity index (χ0n) is 14.7. The van der Waals surface area contributed by atoms with Gasteiger partial charge in [-0.25, -0.2) is 12.8 Å². The van der Waals surface area contributed by atoms with Gasteiger partial charge in [-0.2, -0.15) is 0 Å². The number of anilines is 2. The molecule has 3 aromatic rings. The quantitative estimate of drug-likeness (QED) is 0.469. The molecule has 0 spiro atoms. The summed E-state index contributed by atoms with van der Waals surface area (Å²) in [5.74, 6) is -1.22. The molecule has 0 saturated heterocycles. The van der Waals surface area contributed by atoms with E-state index in [0.717, 1.165) is 18.2 Å². The van der Waals surface area contributed by atoms with Gasteiger partial charge in [-0.1, -0.05) is 18.2 Å². The molecule has 0 bridgehead atoms. The van der Waals surface area contributed by atoms with Crippen LogP contribution in [0.2, 0.25) is 0 Å². The van der Waals surface area contributed by atoms with Gasteiger partial charge < -0.3 is 5.32 Å². The van der Waals surface area contributed by atoms with Crippen LogP contribution in [0.15, 0.2) is 77.7 Å². The number of benzene rings is 3. The number of nitrogens with one attached hydrogen (secondary N) is 2. The smallest absolute Gasteiger partial charge is 0.292 e. The summed E-state index contributed by atoms with van der Waals surface area (Å²) in [6.45, 7) is 0. The maximum Gasteiger partial charge on any atom is 0.292 e. The molecule has 8 nitrogen and oxygen atoms in total. The molecule has 0 unspecified atom stereocenters. The number of sulfonamides is 1. The summed E-state index contributed by atoms with van der Waals surface area (Å²) >= 11 is 0. The van der Waals surface area contributed by atoms with E-state index in [1.54, 1.807) is 0 Å². The van der Waals surface area contributed by atoms with Crippen molar-refractivity contribution in [2.24, 2.45) is 0 Å². The van der Waals surface area contributed by atoms with Crippen LogP contribution in [0.25, 0.3) is 0 Å². The van der Waals surface area contributed by atoms with E-state index in [1.165, 1.54) is 54.6 Å². The SMILES string of the molecule is O=C(Nc1ccccc1[N+](=O)[O-])c1cccc(S(=O)(=O)Nc2ccc(F)cc2)c1. The fraction of sp³-hybridized carbons (Fsp3) is 0. The van der Waals surface area contributed by atoms with Crippen LogP contribution >= 0.6 is 0 Å². The van der Waals surface area contributed by atoms with Crippen molar-refractivity contribution in [2.45, 2.75) is 4.90 Å². The Morgan fingerprint density at radius 2 is 1.66 bits per heavy atom. The fourth-order valence-corrected chi connectivity index (χ4v) is 3.57. The predicted octanol–water partition coefficient (Wildman–Crippen LogP) is 3.79. The van der Waals surface area contributed by atoms with Crippen molar-refractivity contribution in [3.05, 3.63) is 94.3 Å². The highest BCUT2D eigenvalue weighted by Crippen LogP contribution is 2.24. The Bertz CT molecular complexity index is 1180. The van der Waals surface area contributed by atoms with Crippen molar-refractivity contribution in [3.8, 4) is 0 Å². The Kier molecular flexibility index (Phi) is 5.55. The molecule has 1 amide bonds. The normalized spacial score (nSPS) is 10.9. The van der Waals surface area contributed by atoms with E-state index in [4.69, 9.17) is 0 Å². The highest BCUT2D eigenvalue weighted by atomic mass is 32.2. The lowest BCUT2D eigenvalue weighted by molar-refractivity contribution is -0.383. The van der Waals surface area contributed by atoms with Crippen molar-refractivity contribution in [1.29, 1.82) is 0 Å². The molecule has 3 aromatic carbocycles. The molecule has 2 N–H and O–H groups in total. The van der Waals surface area contributed by atoms with Crippen LogP contribution in [0.5, 0.6) is 0 Å². The highest BCUT2D eigenvalue weighted by Gasteiger charge is 2.19. The number of nitro benzene ring substituents is 1. The van der Waals surface area contributed by atoms with Crippen LogP contribution < -0.4 is 10.0 Å². The van der Waals surface area contributed by atoms with Gasteiger partial charge in [0, 0.05) is 17.3 Å². The summed E-state index contributed by atoms with van der Waals surface area (Å²) in [6, 6.07) is 15.5. The van der Waals surface area contributed by atoms with Gasteiger partial charge in [0.2, 0.25) is 0 Å². The van der Waals surface area contributed by atoms with Gasteiger partial charge in [0.1, 0.15) is 11.5 Å². The first-order valence-electron chi connectivity index (χ1n) is 8.19. The fourth-order valence-electron chi connectivity index (χ4n) is 2.47. The summed E-state index contributed by atoms with van der Waals surface area (Å²) in [6.07, 6.45) is 0. The number of rotatable bonds is 6. The molecule has 0 aromatic heterocycles. The van der Waals surface area contributed by atoms with Crippen LogP contribution in [0.4, 0.5) is 21.5 Å². The van der Waals surface area contributed by atoms with Crippen LogP contribution in [0.3, 0.4) is 0 Å². The molecule has 0 heterocycles. The molecule has 29 heavy (non-hydrogen) atoms. The summed E-state index contributed by atoms with van der Waals surface area (Å²) in [7, 11) is -4.04. The van der Waals surface area contributed by atoms with Crippen LogP contribution in [0.1, 0.15) is 10.4 Å². The molecule has 10 heteroatoms. The molecule has 0 aliphatic carbocycles. The topological polar surface area (TPSA) is 118 Å². The second-order valence-corrected chi connectivity index (χ2v) is 7.55. The average Bonchev–Trinajstić information content (AvgIpc) is 2.70. The minimum absolute atomic E-state index is 0.00914. The van der Waals surface area contributed by atoms with Crippen molar-refractivity contribution < 1.29 is 22.5 Å². The lowest BCUT2D eigenvalue weighted by Gasteiger charge is -2.10. The van der Waals surface area contributed by atoms with Gasteiger partial charge in [-0.05, 0) is 48.5 Å². The number of amides is 1. The molecule has 148 valence electrons. The number of hydrogen-bond donors (Lipinski definition) is 2. The maximum absolute atomic E-state index is 13.0. The van der Waals surface area contributed by atoms with E-state index in [0.29, 0.717) is 0 Å². The number of nitrogens with zero attached hydrogens (tertiary/aromatic N) is 1. The minimum atomic E-state index is -4.04. The van der Waals surface area contributed by atoms with Gasteiger partial charge >= 0.3 is 0 Å². The third-order valence-electron chi connectivity index (χ3n) is 3.85. The number of carbonyl (C=O) groups excluding carboxylic acids is 1. The summed E-state index contributed by atoms with van der Waals surface area (Å²) in [5.41, 5.74) is -0.158. The lowest BCUT2D eigenvalue weighted by Crippen LogP contribution is -2.16. The summed E-state index contributed by atoms with van der Waals surface area (Å²) in [4.78, 5) is 22.7. The second-order valence-electron chi connectivity index (χ2n) is 5.87. The third kappa shape index (κ3) is 4.74. The Morgan fingerprint density at radius 1 is 0.966 bits per heavy atom. The minimum Gasteiger partial charge on any atom is -0.316 e. The zero-order valence-corrected chi connectivity index (χ0v) is 15.5. The van der Waals surface area contributed by atoms with E-state index in [1.807, 2.05) is 0 Å². The Hall–Kier alpha value is -3.79. The molecule has 0 aliphatic heterocycles. The van der Waals surface area contributed by atoms with Crippen LogP contribution in [-0.4, -0.2) is 19.2 Å². The van der Waals surface area contributed by atoms with Crippen LogP contribution in [-0.2, 0) is 10.0 Å².